The molecule has 2 amide bonds. The largest absolute Gasteiger partial charge is 0.356 e. The molecule has 1 saturated carbocycles. The van der Waals surface area contributed by atoms with Crippen LogP contribution in [0, 0.1) is 17.6 Å². The van der Waals surface area contributed by atoms with Crippen LogP contribution >= 0.6 is 0 Å². The third-order valence-corrected chi connectivity index (χ3v) is 4.78. The van der Waals surface area contributed by atoms with Crippen molar-refractivity contribution < 1.29 is 18.4 Å². The normalized spacial score (nSPS) is 13.4. The van der Waals surface area contributed by atoms with Gasteiger partial charge in [-0.25, -0.2) is 13.8 Å². The summed E-state index contributed by atoms with van der Waals surface area (Å²) in [5.74, 6) is -0.847. The lowest BCUT2D eigenvalue weighted by molar-refractivity contribution is -0.122. The van der Waals surface area contributed by atoms with Crippen LogP contribution in [0.25, 0.3) is 22.4 Å². The van der Waals surface area contributed by atoms with E-state index in [-0.39, 0.29) is 35.5 Å². The summed E-state index contributed by atoms with van der Waals surface area (Å²) in [5, 5.41) is 5.62. The molecule has 0 aliphatic heterocycles. The maximum atomic E-state index is 14.0. The summed E-state index contributed by atoms with van der Waals surface area (Å²) >= 11 is 0. The zero-order valence-electron chi connectivity index (χ0n) is 15.6. The molecule has 1 heterocycles. The van der Waals surface area contributed by atoms with Gasteiger partial charge in [0.1, 0.15) is 17.5 Å². The summed E-state index contributed by atoms with van der Waals surface area (Å²) in [5.41, 5.74) is 1.78. The Morgan fingerprint density at radius 2 is 1.97 bits per heavy atom. The molecule has 4 rings (SSSR count). The van der Waals surface area contributed by atoms with E-state index in [4.69, 9.17) is 0 Å². The number of fused-ring (bicyclic) bond motifs is 1. The minimum absolute atomic E-state index is 0.0417. The third-order valence-electron chi connectivity index (χ3n) is 4.78. The number of nitrogens with zero attached hydrogens (tertiary/aromatic N) is 1. The summed E-state index contributed by atoms with van der Waals surface area (Å²) in [7, 11) is 0. The zero-order valence-corrected chi connectivity index (χ0v) is 15.6. The summed E-state index contributed by atoms with van der Waals surface area (Å²) < 4.78 is 27.4. The van der Waals surface area contributed by atoms with Crippen LogP contribution in [0.1, 0.15) is 25.7 Å². The molecule has 3 N–H and O–H groups in total. The van der Waals surface area contributed by atoms with Gasteiger partial charge in [0.15, 0.2) is 0 Å². The first-order valence-corrected chi connectivity index (χ1v) is 9.52. The first-order chi connectivity index (χ1) is 14.0. The zero-order chi connectivity index (χ0) is 20.4. The van der Waals surface area contributed by atoms with Crippen molar-refractivity contribution in [2.45, 2.75) is 25.7 Å². The lowest BCUT2D eigenvalue weighted by Crippen LogP contribution is -2.26. The van der Waals surface area contributed by atoms with Gasteiger partial charge in [-0.05, 0) is 55.7 Å². The van der Waals surface area contributed by atoms with Crippen LogP contribution in [-0.4, -0.2) is 28.3 Å². The standard InChI is InChI=1S/C21H20F2N4O2/c22-13-5-7-16(23)15(10-13)20-26-17-8-6-14(11-18(17)27-20)25-19(28)2-1-9-24-21(29)12-3-4-12/h5-8,10-12H,1-4,9H2,(H,24,29)(H,25,28)(H,26,27). The van der Waals surface area contributed by atoms with E-state index < -0.39 is 11.6 Å². The van der Waals surface area contributed by atoms with E-state index in [1.54, 1.807) is 18.2 Å². The number of nitrogens with one attached hydrogen (secondary N) is 3. The second-order valence-electron chi connectivity index (χ2n) is 7.16. The third kappa shape index (κ3) is 4.59. The molecule has 0 spiro atoms. The van der Waals surface area contributed by atoms with Gasteiger partial charge in [-0.15, -0.1) is 0 Å². The van der Waals surface area contributed by atoms with Crippen LogP contribution in [0.2, 0.25) is 0 Å². The topological polar surface area (TPSA) is 86.9 Å². The van der Waals surface area contributed by atoms with E-state index in [1.165, 1.54) is 0 Å². The Kier molecular flexibility index (Phi) is 5.24. The number of benzene rings is 2. The number of H-pyrrole nitrogens is 1. The number of aromatic amines is 1. The Morgan fingerprint density at radius 1 is 1.14 bits per heavy atom. The molecule has 3 aromatic rings. The van der Waals surface area contributed by atoms with Crippen LogP contribution in [0.15, 0.2) is 36.4 Å². The Labute approximate surface area is 165 Å². The Hall–Kier alpha value is -3.29. The number of hydrogen-bond acceptors (Lipinski definition) is 3. The van der Waals surface area contributed by atoms with Gasteiger partial charge in [0.2, 0.25) is 11.8 Å². The highest BCUT2D eigenvalue weighted by Gasteiger charge is 2.29. The number of hydrogen-bond donors (Lipinski definition) is 3. The van der Waals surface area contributed by atoms with Crippen molar-refractivity contribution in [2.75, 3.05) is 11.9 Å². The highest BCUT2D eigenvalue weighted by molar-refractivity contribution is 5.93. The first-order valence-electron chi connectivity index (χ1n) is 9.52. The Balaban J connectivity index is 1.37. The summed E-state index contributed by atoms with van der Waals surface area (Å²) in [6.45, 7) is 0.477. The van der Waals surface area contributed by atoms with E-state index in [0.29, 0.717) is 29.7 Å². The van der Waals surface area contributed by atoms with Crippen molar-refractivity contribution in [1.82, 2.24) is 15.3 Å². The molecule has 1 aromatic heterocycles. The second-order valence-corrected chi connectivity index (χ2v) is 7.16. The van der Waals surface area contributed by atoms with Gasteiger partial charge in [0.25, 0.3) is 0 Å². The van der Waals surface area contributed by atoms with E-state index in [1.807, 2.05) is 0 Å². The number of anilines is 1. The molecule has 1 fully saturated rings. The average molecular weight is 398 g/mol. The van der Waals surface area contributed by atoms with E-state index in [9.17, 15) is 18.4 Å². The molecule has 0 saturated heterocycles. The number of carbonyl (C=O) groups excluding carboxylic acids is 2. The van der Waals surface area contributed by atoms with Crippen molar-refractivity contribution in [2.24, 2.45) is 5.92 Å². The van der Waals surface area contributed by atoms with E-state index in [0.717, 1.165) is 31.0 Å². The molecule has 0 bridgehead atoms. The molecule has 6 nitrogen and oxygen atoms in total. The maximum Gasteiger partial charge on any atom is 0.224 e. The summed E-state index contributed by atoms with van der Waals surface area (Å²) in [6.07, 6.45) is 2.75. The quantitative estimate of drug-likeness (QED) is 0.530. The van der Waals surface area contributed by atoms with Crippen LogP contribution in [0.3, 0.4) is 0 Å². The number of halogens is 2. The van der Waals surface area contributed by atoms with Gasteiger partial charge in [-0.2, -0.15) is 0 Å². The molecule has 1 aliphatic rings. The fourth-order valence-corrected chi connectivity index (χ4v) is 3.07. The Morgan fingerprint density at radius 3 is 2.76 bits per heavy atom. The van der Waals surface area contributed by atoms with Crippen molar-refractivity contribution in [3.05, 3.63) is 48.0 Å². The molecule has 0 atom stereocenters. The molecular weight excluding hydrogens is 378 g/mol. The lowest BCUT2D eigenvalue weighted by atomic mass is 10.2. The van der Waals surface area contributed by atoms with Crippen molar-refractivity contribution >= 4 is 28.5 Å². The SMILES string of the molecule is O=C(CCCNC(=O)C1CC1)Nc1ccc2nc(-c3cc(F)ccc3F)[nH]c2c1. The van der Waals surface area contributed by atoms with Crippen molar-refractivity contribution in [1.29, 1.82) is 0 Å². The van der Waals surface area contributed by atoms with Crippen LogP contribution < -0.4 is 10.6 Å². The fourth-order valence-electron chi connectivity index (χ4n) is 3.07. The van der Waals surface area contributed by atoms with Crippen LogP contribution in [-0.2, 0) is 9.59 Å². The summed E-state index contributed by atoms with van der Waals surface area (Å²) in [4.78, 5) is 30.9. The van der Waals surface area contributed by atoms with Crippen molar-refractivity contribution in [3.8, 4) is 11.4 Å². The number of rotatable bonds is 7. The van der Waals surface area contributed by atoms with Gasteiger partial charge in [-0.3, -0.25) is 9.59 Å². The first kappa shape index (κ1) is 19.0. The van der Waals surface area contributed by atoms with Gasteiger partial charge in [-0.1, -0.05) is 0 Å². The van der Waals surface area contributed by atoms with Crippen molar-refractivity contribution in [3.63, 3.8) is 0 Å². The minimum atomic E-state index is -0.576. The molecule has 2 aromatic carbocycles. The van der Waals surface area contributed by atoms with E-state index >= 15 is 0 Å². The lowest BCUT2D eigenvalue weighted by Gasteiger charge is -2.06. The van der Waals surface area contributed by atoms with Gasteiger partial charge in [0, 0.05) is 24.6 Å². The van der Waals surface area contributed by atoms with Gasteiger partial charge in [0.05, 0.1) is 16.6 Å². The summed E-state index contributed by atoms with van der Waals surface area (Å²) in [6, 6.07) is 8.26. The highest BCUT2D eigenvalue weighted by atomic mass is 19.1. The molecule has 150 valence electrons. The molecule has 0 unspecified atom stereocenters. The smallest absolute Gasteiger partial charge is 0.224 e. The minimum Gasteiger partial charge on any atom is -0.356 e. The number of imidazole rings is 1. The van der Waals surface area contributed by atoms with Gasteiger partial charge < -0.3 is 15.6 Å². The molecule has 8 heteroatoms. The monoisotopic (exact) mass is 398 g/mol. The Bertz CT molecular complexity index is 1080. The van der Waals surface area contributed by atoms with E-state index in [2.05, 4.69) is 20.6 Å². The molecule has 1 aliphatic carbocycles. The van der Waals surface area contributed by atoms with Gasteiger partial charge >= 0.3 is 0 Å². The number of aromatic nitrogens is 2. The molecule has 0 radical (unpaired) electrons. The second kappa shape index (κ2) is 7.98. The number of amides is 2. The predicted octanol–water partition coefficient (Wildman–Crippen LogP) is 3.75. The van der Waals surface area contributed by atoms with Crippen LogP contribution in [0.4, 0.5) is 14.5 Å². The predicted molar refractivity (Wildman–Crippen MR) is 105 cm³/mol. The molecular formula is C21H20F2N4O2. The number of carbonyl (C=O) groups is 2. The fraction of sp³-hybridized carbons (Fsp3) is 0.286. The molecule has 29 heavy (non-hydrogen) atoms. The highest BCUT2D eigenvalue weighted by Crippen LogP contribution is 2.28. The average Bonchev–Trinajstić information content (AvgIpc) is 3.46. The van der Waals surface area contributed by atoms with Crippen LogP contribution in [0.5, 0.6) is 0 Å². The maximum absolute atomic E-state index is 14.0.